The van der Waals surface area contributed by atoms with Gasteiger partial charge in [0.2, 0.25) is 5.91 Å². The van der Waals surface area contributed by atoms with Crippen LogP contribution in [0.15, 0.2) is 78.9 Å². The van der Waals surface area contributed by atoms with Gasteiger partial charge in [0.1, 0.15) is 0 Å². The Kier molecular flexibility index (Phi) is 9.39. The van der Waals surface area contributed by atoms with Gasteiger partial charge < -0.3 is 25.6 Å². The van der Waals surface area contributed by atoms with Gasteiger partial charge >= 0.3 is 0 Å². The number of hydrogen-bond donors (Lipinski definition) is 3. The number of ether oxygens (including phenoxy) is 1. The fourth-order valence-electron chi connectivity index (χ4n) is 3.43. The summed E-state index contributed by atoms with van der Waals surface area (Å²) in [5.74, 6) is -0.583. The molecule has 0 aliphatic rings. The number of methoxy groups -OCH3 is 1. The fraction of sp³-hybridized carbons (Fsp3) is 0.222. The molecule has 0 fully saturated rings. The molecule has 0 aliphatic carbocycles. The lowest BCUT2D eigenvalue weighted by Gasteiger charge is -2.21. The van der Waals surface area contributed by atoms with E-state index in [2.05, 4.69) is 16.0 Å². The minimum Gasteiger partial charge on any atom is -0.383 e. The number of carbonyl (C=O) groups excluding carboxylic acids is 3. The van der Waals surface area contributed by atoms with E-state index in [-0.39, 0.29) is 24.3 Å². The first-order chi connectivity index (χ1) is 17.0. The third-order valence-corrected chi connectivity index (χ3v) is 5.21. The maximum atomic E-state index is 13.0. The van der Waals surface area contributed by atoms with Crippen molar-refractivity contribution in [3.63, 3.8) is 0 Å². The predicted octanol–water partition coefficient (Wildman–Crippen LogP) is 3.78. The third-order valence-electron chi connectivity index (χ3n) is 5.21. The van der Waals surface area contributed by atoms with Gasteiger partial charge in [-0.05, 0) is 61.5 Å². The zero-order valence-corrected chi connectivity index (χ0v) is 19.9. The molecule has 0 radical (unpaired) electrons. The molecule has 0 atom stereocenters. The van der Waals surface area contributed by atoms with Crippen LogP contribution in [0.2, 0.25) is 0 Å². The van der Waals surface area contributed by atoms with Crippen LogP contribution in [-0.4, -0.2) is 51.1 Å². The van der Waals surface area contributed by atoms with Gasteiger partial charge in [-0.25, -0.2) is 0 Å². The highest BCUT2D eigenvalue weighted by atomic mass is 16.5. The van der Waals surface area contributed by atoms with E-state index >= 15 is 0 Å². The number of rotatable bonds is 11. The van der Waals surface area contributed by atoms with E-state index < -0.39 is 0 Å². The fourth-order valence-corrected chi connectivity index (χ4v) is 3.43. The molecule has 0 unspecified atom stereocenters. The molecule has 0 aliphatic heterocycles. The van der Waals surface area contributed by atoms with Gasteiger partial charge in [0, 0.05) is 48.4 Å². The molecule has 0 saturated carbocycles. The second-order valence-electron chi connectivity index (χ2n) is 7.69. The van der Waals surface area contributed by atoms with Crippen molar-refractivity contribution in [1.29, 1.82) is 0 Å². The molecule has 182 valence electrons. The predicted molar refractivity (Wildman–Crippen MR) is 138 cm³/mol. The molecule has 0 saturated heterocycles. The number of benzene rings is 3. The molecule has 0 heterocycles. The van der Waals surface area contributed by atoms with Gasteiger partial charge in [0.05, 0.1) is 13.2 Å². The summed E-state index contributed by atoms with van der Waals surface area (Å²) in [4.78, 5) is 39.2. The van der Waals surface area contributed by atoms with E-state index in [1.807, 2.05) is 37.3 Å². The monoisotopic (exact) mass is 474 g/mol. The van der Waals surface area contributed by atoms with Gasteiger partial charge in [-0.1, -0.05) is 24.3 Å². The maximum absolute atomic E-state index is 13.0. The van der Waals surface area contributed by atoms with Crippen molar-refractivity contribution in [2.45, 2.75) is 6.92 Å². The molecule has 8 nitrogen and oxygen atoms in total. The first kappa shape index (κ1) is 25.5. The zero-order chi connectivity index (χ0) is 25.0. The number of nitrogens with zero attached hydrogens (tertiary/aromatic N) is 1. The van der Waals surface area contributed by atoms with E-state index in [0.29, 0.717) is 42.2 Å². The van der Waals surface area contributed by atoms with Crippen molar-refractivity contribution < 1.29 is 19.1 Å². The molecular weight excluding hydrogens is 444 g/mol. The van der Waals surface area contributed by atoms with Gasteiger partial charge in [-0.15, -0.1) is 0 Å². The van der Waals surface area contributed by atoms with Crippen molar-refractivity contribution >= 4 is 34.8 Å². The van der Waals surface area contributed by atoms with E-state index in [9.17, 15) is 14.4 Å². The summed E-state index contributed by atoms with van der Waals surface area (Å²) >= 11 is 0. The molecule has 3 aromatic carbocycles. The first-order valence-corrected chi connectivity index (χ1v) is 11.4. The summed E-state index contributed by atoms with van der Waals surface area (Å²) in [6, 6.07) is 23.2. The van der Waals surface area contributed by atoms with E-state index in [1.165, 1.54) is 0 Å². The Hall–Kier alpha value is -4.17. The zero-order valence-electron chi connectivity index (χ0n) is 19.9. The molecule has 3 aromatic rings. The highest BCUT2D eigenvalue weighted by molar-refractivity contribution is 6.07. The first-order valence-electron chi connectivity index (χ1n) is 11.4. The molecule has 3 N–H and O–H groups in total. The largest absolute Gasteiger partial charge is 0.383 e. The quantitative estimate of drug-likeness (QED) is 0.367. The third kappa shape index (κ3) is 7.41. The Morgan fingerprint density at radius 3 is 2.29 bits per heavy atom. The summed E-state index contributed by atoms with van der Waals surface area (Å²) in [6.07, 6.45) is 0. The molecule has 0 aromatic heterocycles. The number of hydrogen-bond acceptors (Lipinski definition) is 5. The number of anilines is 3. The summed E-state index contributed by atoms with van der Waals surface area (Å²) in [7, 11) is 1.57. The lowest BCUT2D eigenvalue weighted by molar-refractivity contribution is -0.114. The Labute approximate surface area is 205 Å². The van der Waals surface area contributed by atoms with E-state index in [4.69, 9.17) is 4.74 Å². The molecule has 3 amide bonds. The SMILES string of the molecule is CCN(C(=O)c1cccc(NC(=O)CNc2ccc(C(=O)NCCOC)cc2)c1)c1ccccc1. The van der Waals surface area contributed by atoms with Crippen LogP contribution in [0.5, 0.6) is 0 Å². The van der Waals surface area contributed by atoms with Crippen LogP contribution in [0.4, 0.5) is 17.1 Å². The Morgan fingerprint density at radius 1 is 0.857 bits per heavy atom. The van der Waals surface area contributed by atoms with Crippen LogP contribution >= 0.6 is 0 Å². The van der Waals surface area contributed by atoms with Crippen molar-refractivity contribution in [1.82, 2.24) is 5.32 Å². The van der Waals surface area contributed by atoms with Crippen molar-refractivity contribution in [3.8, 4) is 0 Å². The van der Waals surface area contributed by atoms with Crippen LogP contribution in [-0.2, 0) is 9.53 Å². The summed E-state index contributed by atoms with van der Waals surface area (Å²) in [5, 5.41) is 8.60. The van der Waals surface area contributed by atoms with Gasteiger partial charge in [-0.3, -0.25) is 14.4 Å². The minimum absolute atomic E-state index is 0.0304. The summed E-state index contributed by atoms with van der Waals surface area (Å²) < 4.78 is 4.91. The molecule has 0 spiro atoms. The molecule has 8 heteroatoms. The van der Waals surface area contributed by atoms with Crippen molar-refractivity contribution in [2.24, 2.45) is 0 Å². The second-order valence-corrected chi connectivity index (χ2v) is 7.69. The number of nitrogens with one attached hydrogen (secondary N) is 3. The highest BCUT2D eigenvalue weighted by Gasteiger charge is 2.16. The Bertz CT molecular complexity index is 1130. The van der Waals surface area contributed by atoms with Crippen LogP contribution in [0.25, 0.3) is 0 Å². The van der Waals surface area contributed by atoms with E-state index in [1.54, 1.807) is 60.5 Å². The Balaban J connectivity index is 1.55. The van der Waals surface area contributed by atoms with Crippen LogP contribution in [0.1, 0.15) is 27.6 Å². The average Bonchev–Trinajstić information content (AvgIpc) is 2.89. The lowest BCUT2D eigenvalue weighted by atomic mass is 10.1. The molecule has 0 bridgehead atoms. The summed E-state index contributed by atoms with van der Waals surface area (Å²) in [5.41, 5.74) is 3.07. The summed E-state index contributed by atoms with van der Waals surface area (Å²) in [6.45, 7) is 3.36. The maximum Gasteiger partial charge on any atom is 0.258 e. The molecular formula is C27H30N4O4. The van der Waals surface area contributed by atoms with Gasteiger partial charge in [-0.2, -0.15) is 0 Å². The number of amides is 3. The molecule has 35 heavy (non-hydrogen) atoms. The second kappa shape index (κ2) is 12.9. The van der Waals surface area contributed by atoms with E-state index in [0.717, 1.165) is 5.69 Å². The average molecular weight is 475 g/mol. The standard InChI is InChI=1S/C27H30N4O4/c1-3-31(24-10-5-4-6-11-24)27(34)21-8-7-9-23(18-21)30-25(32)19-29-22-14-12-20(13-15-22)26(33)28-16-17-35-2/h4-15,18,29H,3,16-17,19H2,1-2H3,(H,28,33)(H,30,32). The molecule has 3 rings (SSSR count). The van der Waals surface area contributed by atoms with Crippen molar-refractivity contribution in [3.05, 3.63) is 90.0 Å². The normalized spacial score (nSPS) is 10.3. The van der Waals surface area contributed by atoms with Crippen LogP contribution < -0.4 is 20.9 Å². The van der Waals surface area contributed by atoms with Gasteiger partial charge in [0.25, 0.3) is 11.8 Å². The van der Waals surface area contributed by atoms with Crippen LogP contribution in [0, 0.1) is 0 Å². The topological polar surface area (TPSA) is 99.8 Å². The minimum atomic E-state index is -0.258. The highest BCUT2D eigenvalue weighted by Crippen LogP contribution is 2.19. The number of para-hydroxylation sites is 1. The van der Waals surface area contributed by atoms with Crippen LogP contribution in [0.3, 0.4) is 0 Å². The smallest absolute Gasteiger partial charge is 0.258 e. The van der Waals surface area contributed by atoms with Crippen molar-refractivity contribution in [2.75, 3.05) is 48.9 Å². The lowest BCUT2D eigenvalue weighted by Crippen LogP contribution is -2.30. The van der Waals surface area contributed by atoms with Gasteiger partial charge in [0.15, 0.2) is 0 Å². The Morgan fingerprint density at radius 2 is 1.60 bits per heavy atom. The number of carbonyl (C=O) groups is 3.